The van der Waals surface area contributed by atoms with E-state index >= 15 is 0 Å². The van der Waals surface area contributed by atoms with E-state index in [4.69, 9.17) is 0 Å². The van der Waals surface area contributed by atoms with Crippen LogP contribution in [0.3, 0.4) is 0 Å². The first-order valence-electron chi connectivity index (χ1n) is 4.50. The second kappa shape index (κ2) is 3.77. The largest absolute Gasteiger partial charge is 0.350 e. The van der Waals surface area contributed by atoms with E-state index in [1.165, 1.54) is 12.8 Å². The predicted octanol–water partition coefficient (Wildman–Crippen LogP) is 2.22. The second-order valence-electron chi connectivity index (χ2n) is 3.87. The lowest BCUT2D eigenvalue weighted by Crippen LogP contribution is -2.46. The van der Waals surface area contributed by atoms with Crippen molar-refractivity contribution in [2.24, 2.45) is 0 Å². The predicted molar refractivity (Wildman–Crippen MR) is 53.4 cm³/mol. The number of rotatable bonds is 2. The standard InChI is InChI=1S/C9H16BrNO/c1-7(10)8(12)11-9(2)5-3-4-6-9/h7H,3-6H2,1-2H3,(H,11,12). The highest BCUT2D eigenvalue weighted by molar-refractivity contribution is 9.10. The third-order valence-corrected chi connectivity index (χ3v) is 2.91. The molecule has 0 aliphatic heterocycles. The van der Waals surface area contributed by atoms with Crippen LogP contribution in [0.2, 0.25) is 0 Å². The molecule has 0 aromatic carbocycles. The van der Waals surface area contributed by atoms with Crippen molar-refractivity contribution < 1.29 is 4.79 Å². The van der Waals surface area contributed by atoms with Gasteiger partial charge in [0.2, 0.25) is 5.91 Å². The van der Waals surface area contributed by atoms with Crippen LogP contribution in [-0.2, 0) is 4.79 Å². The Labute approximate surface area is 82.2 Å². The van der Waals surface area contributed by atoms with Gasteiger partial charge in [-0.05, 0) is 26.7 Å². The molecule has 1 saturated carbocycles. The van der Waals surface area contributed by atoms with Crippen molar-refractivity contribution in [3.8, 4) is 0 Å². The number of halogens is 1. The van der Waals surface area contributed by atoms with Crippen LogP contribution in [0, 0.1) is 0 Å². The van der Waals surface area contributed by atoms with Crippen LogP contribution in [0.4, 0.5) is 0 Å². The first kappa shape index (κ1) is 10.0. The van der Waals surface area contributed by atoms with Gasteiger partial charge in [-0.25, -0.2) is 0 Å². The molecule has 1 aliphatic rings. The molecule has 1 aliphatic carbocycles. The lowest BCUT2D eigenvalue weighted by molar-refractivity contribution is -0.121. The van der Waals surface area contributed by atoms with Crippen molar-refractivity contribution in [2.75, 3.05) is 0 Å². The lowest BCUT2D eigenvalue weighted by atomic mass is 10.0. The summed E-state index contributed by atoms with van der Waals surface area (Å²) in [6.45, 7) is 3.99. The maximum absolute atomic E-state index is 11.3. The molecule has 1 rings (SSSR count). The average molecular weight is 234 g/mol. The minimum absolute atomic E-state index is 0.0686. The Hall–Kier alpha value is -0.0500. The van der Waals surface area contributed by atoms with E-state index in [-0.39, 0.29) is 16.3 Å². The fourth-order valence-electron chi connectivity index (χ4n) is 1.68. The average Bonchev–Trinajstić information content (AvgIpc) is 2.35. The molecular formula is C9H16BrNO. The van der Waals surface area contributed by atoms with Crippen molar-refractivity contribution in [1.29, 1.82) is 0 Å². The third kappa shape index (κ3) is 2.47. The summed E-state index contributed by atoms with van der Waals surface area (Å²) >= 11 is 3.26. The molecule has 0 radical (unpaired) electrons. The van der Waals surface area contributed by atoms with Crippen molar-refractivity contribution >= 4 is 21.8 Å². The summed E-state index contributed by atoms with van der Waals surface area (Å²) in [5, 5.41) is 3.07. The van der Waals surface area contributed by atoms with E-state index in [0.717, 1.165) is 12.8 Å². The lowest BCUT2D eigenvalue weighted by Gasteiger charge is -2.25. The van der Waals surface area contributed by atoms with Gasteiger partial charge in [0, 0.05) is 5.54 Å². The van der Waals surface area contributed by atoms with Crippen LogP contribution < -0.4 is 5.32 Å². The molecule has 70 valence electrons. The Morgan fingerprint density at radius 2 is 2.00 bits per heavy atom. The van der Waals surface area contributed by atoms with Gasteiger partial charge in [0.05, 0.1) is 4.83 Å². The number of amides is 1. The Balaban J connectivity index is 2.44. The van der Waals surface area contributed by atoms with Gasteiger partial charge < -0.3 is 5.32 Å². The van der Waals surface area contributed by atoms with Crippen LogP contribution in [0.1, 0.15) is 39.5 Å². The zero-order chi connectivity index (χ0) is 9.19. The fourth-order valence-corrected chi connectivity index (χ4v) is 1.79. The Bertz CT molecular complexity index is 173. The van der Waals surface area contributed by atoms with E-state index in [1.807, 2.05) is 6.92 Å². The maximum atomic E-state index is 11.3. The summed E-state index contributed by atoms with van der Waals surface area (Å²) in [5.41, 5.74) is 0.0686. The molecule has 1 atom stereocenters. The Morgan fingerprint density at radius 3 is 2.42 bits per heavy atom. The molecule has 2 nitrogen and oxygen atoms in total. The monoisotopic (exact) mass is 233 g/mol. The molecule has 0 bridgehead atoms. The molecule has 1 N–H and O–H groups in total. The molecule has 12 heavy (non-hydrogen) atoms. The minimum Gasteiger partial charge on any atom is -0.350 e. The number of nitrogens with one attached hydrogen (secondary N) is 1. The van der Waals surface area contributed by atoms with E-state index in [9.17, 15) is 4.79 Å². The Kier molecular flexibility index (Phi) is 3.16. The first-order valence-corrected chi connectivity index (χ1v) is 5.41. The van der Waals surface area contributed by atoms with Gasteiger partial charge in [-0.3, -0.25) is 4.79 Å². The number of hydrogen-bond acceptors (Lipinski definition) is 1. The quantitative estimate of drug-likeness (QED) is 0.729. The molecule has 0 aromatic heterocycles. The van der Waals surface area contributed by atoms with E-state index in [0.29, 0.717) is 0 Å². The second-order valence-corrected chi connectivity index (χ2v) is 5.25. The molecule has 0 spiro atoms. The summed E-state index contributed by atoms with van der Waals surface area (Å²) in [5.74, 6) is 0.111. The summed E-state index contributed by atoms with van der Waals surface area (Å²) in [7, 11) is 0. The summed E-state index contributed by atoms with van der Waals surface area (Å²) in [6.07, 6.45) is 4.73. The SMILES string of the molecule is CC(Br)C(=O)NC1(C)CCCC1. The molecule has 0 heterocycles. The fraction of sp³-hybridized carbons (Fsp3) is 0.889. The third-order valence-electron chi connectivity index (χ3n) is 2.49. The van der Waals surface area contributed by atoms with E-state index in [1.54, 1.807) is 0 Å². The van der Waals surface area contributed by atoms with E-state index < -0.39 is 0 Å². The topological polar surface area (TPSA) is 29.1 Å². The van der Waals surface area contributed by atoms with Crippen LogP contribution >= 0.6 is 15.9 Å². The van der Waals surface area contributed by atoms with Crippen LogP contribution in [0.5, 0.6) is 0 Å². The zero-order valence-electron chi connectivity index (χ0n) is 7.69. The molecule has 3 heteroatoms. The number of carbonyl (C=O) groups excluding carboxylic acids is 1. The summed E-state index contributed by atoms with van der Waals surface area (Å²) in [6, 6.07) is 0. The highest BCUT2D eigenvalue weighted by Crippen LogP contribution is 2.29. The van der Waals surface area contributed by atoms with Gasteiger partial charge in [0.25, 0.3) is 0 Å². The Morgan fingerprint density at radius 1 is 1.50 bits per heavy atom. The molecule has 0 aromatic rings. The van der Waals surface area contributed by atoms with Gasteiger partial charge >= 0.3 is 0 Å². The molecule has 0 saturated heterocycles. The van der Waals surface area contributed by atoms with Gasteiger partial charge in [-0.2, -0.15) is 0 Å². The van der Waals surface area contributed by atoms with Gasteiger partial charge in [-0.15, -0.1) is 0 Å². The van der Waals surface area contributed by atoms with Gasteiger partial charge in [-0.1, -0.05) is 28.8 Å². The van der Waals surface area contributed by atoms with Crippen LogP contribution in [0.15, 0.2) is 0 Å². The number of carbonyl (C=O) groups is 1. The van der Waals surface area contributed by atoms with Crippen molar-refractivity contribution in [1.82, 2.24) is 5.32 Å². The van der Waals surface area contributed by atoms with Crippen molar-refractivity contribution in [3.63, 3.8) is 0 Å². The summed E-state index contributed by atoms with van der Waals surface area (Å²) < 4.78 is 0. The number of alkyl halides is 1. The maximum Gasteiger partial charge on any atom is 0.233 e. The van der Waals surface area contributed by atoms with Crippen LogP contribution in [0.25, 0.3) is 0 Å². The molecular weight excluding hydrogens is 218 g/mol. The molecule has 1 unspecified atom stereocenters. The van der Waals surface area contributed by atoms with E-state index in [2.05, 4.69) is 28.2 Å². The zero-order valence-corrected chi connectivity index (χ0v) is 9.28. The highest BCUT2D eigenvalue weighted by atomic mass is 79.9. The smallest absolute Gasteiger partial charge is 0.233 e. The first-order chi connectivity index (χ1) is 5.53. The highest BCUT2D eigenvalue weighted by Gasteiger charge is 2.30. The van der Waals surface area contributed by atoms with Crippen LogP contribution in [-0.4, -0.2) is 16.3 Å². The van der Waals surface area contributed by atoms with Crippen molar-refractivity contribution in [2.45, 2.75) is 49.9 Å². The van der Waals surface area contributed by atoms with Gasteiger partial charge in [0.1, 0.15) is 0 Å². The normalized spacial score (nSPS) is 23.6. The number of hydrogen-bond donors (Lipinski definition) is 1. The molecule has 1 amide bonds. The minimum atomic E-state index is -0.0741. The van der Waals surface area contributed by atoms with Gasteiger partial charge in [0.15, 0.2) is 0 Å². The van der Waals surface area contributed by atoms with Crippen molar-refractivity contribution in [3.05, 3.63) is 0 Å². The summed E-state index contributed by atoms with van der Waals surface area (Å²) in [4.78, 5) is 11.3. The molecule has 1 fully saturated rings.